The van der Waals surface area contributed by atoms with Gasteiger partial charge in [-0.3, -0.25) is 14.9 Å². The lowest BCUT2D eigenvalue weighted by molar-refractivity contribution is -0.384. The minimum absolute atomic E-state index is 0.0119. The van der Waals surface area contributed by atoms with Gasteiger partial charge in [-0.15, -0.1) is 0 Å². The Morgan fingerprint density at radius 2 is 2.26 bits per heavy atom. The van der Waals surface area contributed by atoms with Crippen molar-refractivity contribution in [2.24, 2.45) is 0 Å². The van der Waals surface area contributed by atoms with Gasteiger partial charge in [0.05, 0.1) is 4.92 Å². The molecule has 0 N–H and O–H groups in total. The maximum atomic E-state index is 12.2. The number of non-ortho nitro benzene ring substituents is 1. The maximum absolute atomic E-state index is 12.2. The van der Waals surface area contributed by atoms with Crippen LogP contribution in [0.4, 0.5) is 11.4 Å². The number of methoxy groups -OCH3 is 1. The fourth-order valence-electron chi connectivity index (χ4n) is 2.36. The van der Waals surface area contributed by atoms with E-state index in [1.165, 1.54) is 19.2 Å². The van der Waals surface area contributed by atoms with Crippen LogP contribution in [0.5, 0.6) is 0 Å². The molecule has 1 aliphatic rings. The molecule has 1 aromatic carbocycles. The average molecular weight is 264 g/mol. The minimum Gasteiger partial charge on any atom is -0.372 e. The topological polar surface area (TPSA) is 72.7 Å². The van der Waals surface area contributed by atoms with Crippen molar-refractivity contribution in [3.8, 4) is 0 Å². The van der Waals surface area contributed by atoms with Gasteiger partial charge in [0.2, 0.25) is 0 Å². The Labute approximate surface area is 111 Å². The molecule has 0 aromatic heterocycles. The number of carbonyl (C=O) groups excluding carboxylic acids is 1. The van der Waals surface area contributed by atoms with Crippen LogP contribution in [0.1, 0.15) is 19.4 Å². The molecule has 1 amide bonds. The van der Waals surface area contributed by atoms with Crippen molar-refractivity contribution in [2.75, 3.05) is 12.0 Å². The summed E-state index contributed by atoms with van der Waals surface area (Å²) in [6.07, 6.45) is 0.0997. The molecule has 0 bridgehead atoms. The zero-order valence-corrected chi connectivity index (χ0v) is 11.1. The van der Waals surface area contributed by atoms with Crippen LogP contribution in [0.3, 0.4) is 0 Å². The fraction of sp³-hybridized carbons (Fsp3) is 0.462. The zero-order chi connectivity index (χ0) is 14.2. The van der Waals surface area contributed by atoms with Crippen LogP contribution in [-0.4, -0.2) is 30.1 Å². The number of nitro benzene ring substituents is 1. The molecule has 1 aromatic rings. The molecule has 0 saturated heterocycles. The lowest BCUT2D eigenvalue weighted by Crippen LogP contribution is -2.42. The molecular weight excluding hydrogens is 248 g/mol. The SMILES string of the molecule is CO[C@@H](C)C(=O)N1c2ccc([N+](=O)[O-])cc2C[C@@H]1C. The highest BCUT2D eigenvalue weighted by molar-refractivity contribution is 5.99. The second-order valence-corrected chi connectivity index (χ2v) is 4.71. The lowest BCUT2D eigenvalue weighted by Gasteiger charge is -2.25. The van der Waals surface area contributed by atoms with Crippen molar-refractivity contribution >= 4 is 17.3 Å². The van der Waals surface area contributed by atoms with Gasteiger partial charge in [0.15, 0.2) is 0 Å². The number of ether oxygens (including phenoxy) is 1. The Kier molecular flexibility index (Phi) is 3.53. The minimum atomic E-state index is -0.524. The molecule has 0 unspecified atom stereocenters. The van der Waals surface area contributed by atoms with Crippen LogP contribution >= 0.6 is 0 Å². The lowest BCUT2D eigenvalue weighted by atomic mass is 10.1. The van der Waals surface area contributed by atoms with Crippen molar-refractivity contribution in [1.29, 1.82) is 0 Å². The number of hydrogen-bond donors (Lipinski definition) is 0. The number of fused-ring (bicyclic) bond motifs is 1. The zero-order valence-electron chi connectivity index (χ0n) is 11.1. The van der Waals surface area contributed by atoms with Crippen molar-refractivity contribution in [1.82, 2.24) is 0 Å². The standard InChI is InChI=1S/C13H16N2O4/c1-8-6-10-7-11(15(17)18)4-5-12(10)14(8)13(16)9(2)19-3/h4-5,7-9H,6H2,1-3H3/t8-,9-/m0/s1. The van der Waals surface area contributed by atoms with Crippen LogP contribution in [0.25, 0.3) is 0 Å². The van der Waals surface area contributed by atoms with E-state index in [4.69, 9.17) is 4.74 Å². The summed E-state index contributed by atoms with van der Waals surface area (Å²) in [5.41, 5.74) is 1.63. The van der Waals surface area contributed by atoms with E-state index in [1.807, 2.05) is 6.92 Å². The van der Waals surface area contributed by atoms with E-state index >= 15 is 0 Å². The molecule has 0 radical (unpaired) electrons. The summed E-state index contributed by atoms with van der Waals surface area (Å²) in [5, 5.41) is 10.8. The molecule has 6 heteroatoms. The van der Waals surface area contributed by atoms with Crippen molar-refractivity contribution in [2.45, 2.75) is 32.4 Å². The van der Waals surface area contributed by atoms with Gasteiger partial charge < -0.3 is 9.64 Å². The second kappa shape index (κ2) is 4.97. The van der Waals surface area contributed by atoms with E-state index in [-0.39, 0.29) is 17.6 Å². The summed E-state index contributed by atoms with van der Waals surface area (Å²) < 4.78 is 5.05. The van der Waals surface area contributed by atoms with Gasteiger partial charge in [0, 0.05) is 31.0 Å². The molecule has 0 saturated carbocycles. The Balaban J connectivity index is 2.37. The van der Waals surface area contributed by atoms with Gasteiger partial charge in [-0.2, -0.15) is 0 Å². The van der Waals surface area contributed by atoms with Crippen LogP contribution in [0.2, 0.25) is 0 Å². The molecule has 2 rings (SSSR count). The van der Waals surface area contributed by atoms with Crippen molar-refractivity contribution < 1.29 is 14.5 Å². The highest BCUT2D eigenvalue weighted by atomic mass is 16.6. The summed E-state index contributed by atoms with van der Waals surface area (Å²) in [5.74, 6) is -0.123. The Morgan fingerprint density at radius 1 is 1.58 bits per heavy atom. The highest BCUT2D eigenvalue weighted by Crippen LogP contribution is 2.35. The third kappa shape index (κ3) is 2.31. The molecule has 0 fully saturated rings. The first-order valence-electron chi connectivity index (χ1n) is 6.09. The fourth-order valence-corrected chi connectivity index (χ4v) is 2.36. The molecule has 2 atom stereocenters. The summed E-state index contributed by atoms with van der Waals surface area (Å²) in [7, 11) is 1.49. The van der Waals surface area contributed by atoms with Crippen LogP contribution in [0, 0.1) is 10.1 Å². The normalized spacial score (nSPS) is 19.1. The molecule has 6 nitrogen and oxygen atoms in total. The van der Waals surface area contributed by atoms with Crippen LogP contribution in [0.15, 0.2) is 18.2 Å². The monoisotopic (exact) mass is 264 g/mol. The first kappa shape index (κ1) is 13.5. The van der Waals surface area contributed by atoms with E-state index in [0.717, 1.165) is 11.3 Å². The van der Waals surface area contributed by atoms with Gasteiger partial charge in [0.1, 0.15) is 6.10 Å². The quantitative estimate of drug-likeness (QED) is 0.617. The number of amides is 1. The smallest absolute Gasteiger partial charge is 0.269 e. The Hall–Kier alpha value is -1.95. The first-order chi connectivity index (χ1) is 8.95. The number of hydrogen-bond acceptors (Lipinski definition) is 4. The van der Waals surface area contributed by atoms with Gasteiger partial charge in [0.25, 0.3) is 11.6 Å². The van der Waals surface area contributed by atoms with Gasteiger partial charge in [-0.25, -0.2) is 0 Å². The van der Waals surface area contributed by atoms with E-state index in [0.29, 0.717) is 6.42 Å². The third-order valence-electron chi connectivity index (χ3n) is 3.43. The van der Waals surface area contributed by atoms with Crippen LogP contribution < -0.4 is 4.90 Å². The summed E-state index contributed by atoms with van der Waals surface area (Å²) in [4.78, 5) is 24.2. The van der Waals surface area contributed by atoms with Gasteiger partial charge in [-0.1, -0.05) is 0 Å². The molecule has 0 spiro atoms. The summed E-state index contributed by atoms with van der Waals surface area (Å²) in [6, 6.07) is 4.59. The summed E-state index contributed by atoms with van der Waals surface area (Å²) in [6.45, 7) is 3.62. The molecule has 0 aliphatic carbocycles. The van der Waals surface area contributed by atoms with Gasteiger partial charge in [-0.05, 0) is 31.9 Å². The van der Waals surface area contributed by atoms with E-state index < -0.39 is 11.0 Å². The predicted molar refractivity (Wildman–Crippen MR) is 70.2 cm³/mol. The molecular formula is C13H16N2O4. The number of rotatable bonds is 3. The first-order valence-corrected chi connectivity index (χ1v) is 6.09. The van der Waals surface area contributed by atoms with E-state index in [9.17, 15) is 14.9 Å². The Morgan fingerprint density at radius 3 is 2.84 bits per heavy atom. The maximum Gasteiger partial charge on any atom is 0.269 e. The highest BCUT2D eigenvalue weighted by Gasteiger charge is 2.34. The number of nitrogens with zero attached hydrogens (tertiary/aromatic N) is 2. The number of carbonyl (C=O) groups is 1. The number of anilines is 1. The molecule has 102 valence electrons. The molecule has 19 heavy (non-hydrogen) atoms. The van der Waals surface area contributed by atoms with Crippen LogP contribution in [-0.2, 0) is 16.0 Å². The van der Waals surface area contributed by atoms with Gasteiger partial charge >= 0.3 is 0 Å². The largest absolute Gasteiger partial charge is 0.372 e. The summed E-state index contributed by atoms with van der Waals surface area (Å²) >= 11 is 0. The van der Waals surface area contributed by atoms with Crippen molar-refractivity contribution in [3.05, 3.63) is 33.9 Å². The average Bonchev–Trinajstić information content (AvgIpc) is 2.71. The van der Waals surface area contributed by atoms with E-state index in [2.05, 4.69) is 0 Å². The predicted octanol–water partition coefficient (Wildman–Crippen LogP) is 1.91. The molecule has 1 heterocycles. The number of benzene rings is 1. The van der Waals surface area contributed by atoms with E-state index in [1.54, 1.807) is 17.9 Å². The Bertz CT molecular complexity index is 529. The number of nitro groups is 1. The third-order valence-corrected chi connectivity index (χ3v) is 3.43. The second-order valence-electron chi connectivity index (χ2n) is 4.71. The van der Waals surface area contributed by atoms with Crippen molar-refractivity contribution in [3.63, 3.8) is 0 Å². The molecule has 1 aliphatic heterocycles.